The quantitative estimate of drug-likeness (QED) is 0.333. The van der Waals surface area contributed by atoms with Gasteiger partial charge in [0.25, 0.3) is 11.1 Å². The molecule has 9 heteroatoms. The lowest BCUT2D eigenvalue weighted by Crippen LogP contribution is -2.29. The maximum atomic E-state index is 13.7. The van der Waals surface area contributed by atoms with Gasteiger partial charge in [-0.15, -0.1) is 0 Å². The number of H-pyrrole nitrogens is 1. The minimum absolute atomic E-state index is 0.222. The maximum absolute atomic E-state index is 13.7. The molecule has 36 heavy (non-hydrogen) atoms. The summed E-state index contributed by atoms with van der Waals surface area (Å²) in [6.45, 7) is 1.17. The van der Waals surface area contributed by atoms with Gasteiger partial charge in [-0.05, 0) is 42.4 Å². The minimum Gasteiger partial charge on any atom is -0.306 e. The second-order valence-electron chi connectivity index (χ2n) is 8.63. The molecule has 0 atom stereocenters. The van der Waals surface area contributed by atoms with E-state index < -0.39 is 0 Å². The van der Waals surface area contributed by atoms with Crippen LogP contribution in [0.4, 0.5) is 0 Å². The van der Waals surface area contributed by atoms with Crippen molar-refractivity contribution in [2.75, 3.05) is 7.05 Å². The molecule has 182 valence electrons. The van der Waals surface area contributed by atoms with Crippen LogP contribution in [0.1, 0.15) is 16.8 Å². The molecule has 3 heterocycles. The van der Waals surface area contributed by atoms with E-state index in [0.717, 1.165) is 11.1 Å². The smallest absolute Gasteiger partial charge is 0.280 e. The van der Waals surface area contributed by atoms with Crippen molar-refractivity contribution >= 4 is 34.1 Å². The van der Waals surface area contributed by atoms with Crippen molar-refractivity contribution in [2.24, 2.45) is 0 Å². The first-order valence-corrected chi connectivity index (χ1v) is 12.1. The van der Waals surface area contributed by atoms with Crippen LogP contribution in [0.3, 0.4) is 0 Å². The van der Waals surface area contributed by atoms with Crippen molar-refractivity contribution in [3.05, 3.63) is 127 Å². The zero-order valence-electron chi connectivity index (χ0n) is 19.5. The van der Waals surface area contributed by atoms with E-state index >= 15 is 0 Å². The Morgan fingerprint density at radius 3 is 2.42 bits per heavy atom. The Balaban J connectivity index is 1.66. The normalized spacial score (nSPS) is 11.4. The third-order valence-electron chi connectivity index (χ3n) is 6.04. The number of benzene rings is 2. The fourth-order valence-corrected chi connectivity index (χ4v) is 4.77. The predicted molar refractivity (Wildman–Crippen MR) is 143 cm³/mol. The summed E-state index contributed by atoms with van der Waals surface area (Å²) >= 11 is 12.8. The van der Waals surface area contributed by atoms with Crippen molar-refractivity contribution in [1.82, 2.24) is 24.2 Å². The van der Waals surface area contributed by atoms with Crippen molar-refractivity contribution in [2.45, 2.75) is 19.6 Å². The van der Waals surface area contributed by atoms with Crippen molar-refractivity contribution < 1.29 is 0 Å². The van der Waals surface area contributed by atoms with E-state index in [0.29, 0.717) is 45.4 Å². The number of hydrogen-bond acceptors (Lipinski definition) is 4. The summed E-state index contributed by atoms with van der Waals surface area (Å²) < 4.78 is 3.02. The maximum Gasteiger partial charge on any atom is 0.280 e. The second kappa shape index (κ2) is 10.1. The number of aromatic amines is 1. The van der Waals surface area contributed by atoms with Crippen LogP contribution in [0.25, 0.3) is 16.6 Å². The second-order valence-corrected chi connectivity index (χ2v) is 9.45. The molecule has 0 aliphatic heterocycles. The lowest BCUT2D eigenvalue weighted by molar-refractivity contribution is 0.310. The average molecular weight is 520 g/mol. The average Bonchev–Trinajstić information content (AvgIpc) is 3.19. The molecule has 7 nitrogen and oxygen atoms in total. The molecule has 2 aromatic carbocycles. The van der Waals surface area contributed by atoms with Crippen LogP contribution in [-0.4, -0.2) is 31.3 Å². The van der Waals surface area contributed by atoms with E-state index in [-0.39, 0.29) is 17.7 Å². The summed E-state index contributed by atoms with van der Waals surface area (Å²) in [6, 6.07) is 19.9. The number of fused-ring (bicyclic) bond motifs is 1. The monoisotopic (exact) mass is 519 g/mol. The zero-order chi connectivity index (χ0) is 25.2. The van der Waals surface area contributed by atoms with Gasteiger partial charge in [-0.2, -0.15) is 0 Å². The summed E-state index contributed by atoms with van der Waals surface area (Å²) in [4.78, 5) is 33.2. The van der Waals surface area contributed by atoms with Gasteiger partial charge in [0.15, 0.2) is 0 Å². The molecule has 0 spiro atoms. The Hall–Kier alpha value is -3.65. The number of para-hydroxylation sites is 1. The van der Waals surface area contributed by atoms with Gasteiger partial charge in [-0.3, -0.25) is 24.6 Å². The third-order valence-corrected chi connectivity index (χ3v) is 6.73. The summed E-state index contributed by atoms with van der Waals surface area (Å²) in [5, 5.41) is 4.60. The molecule has 0 saturated carbocycles. The predicted octanol–water partition coefficient (Wildman–Crippen LogP) is 4.86. The number of nitrogens with zero attached hydrogens (tertiary/aromatic N) is 4. The van der Waals surface area contributed by atoms with Crippen LogP contribution in [0.5, 0.6) is 0 Å². The molecule has 0 unspecified atom stereocenters. The highest BCUT2D eigenvalue weighted by molar-refractivity contribution is 6.32. The fourth-order valence-electron chi connectivity index (χ4n) is 4.35. The number of hydrogen-bond donors (Lipinski definition) is 1. The molecule has 0 bridgehead atoms. The van der Waals surface area contributed by atoms with Crippen LogP contribution < -0.4 is 11.1 Å². The zero-order valence-corrected chi connectivity index (χ0v) is 21.0. The van der Waals surface area contributed by atoms with Crippen LogP contribution in [0, 0.1) is 0 Å². The van der Waals surface area contributed by atoms with E-state index in [9.17, 15) is 9.59 Å². The van der Waals surface area contributed by atoms with Gasteiger partial charge in [-0.1, -0.05) is 59.6 Å². The Morgan fingerprint density at radius 2 is 1.69 bits per heavy atom. The molecular formula is C27H23Cl2N5O2. The van der Waals surface area contributed by atoms with E-state index in [1.165, 1.54) is 10.7 Å². The molecule has 0 aliphatic carbocycles. The molecule has 0 radical (unpaired) electrons. The van der Waals surface area contributed by atoms with Crippen LogP contribution >= 0.6 is 23.2 Å². The fraction of sp³-hybridized carbons (Fsp3) is 0.148. The lowest BCUT2D eigenvalue weighted by Gasteiger charge is -2.21. The van der Waals surface area contributed by atoms with Gasteiger partial charge < -0.3 is 4.57 Å². The van der Waals surface area contributed by atoms with E-state index in [2.05, 4.69) is 10.1 Å². The van der Waals surface area contributed by atoms with Gasteiger partial charge in [0, 0.05) is 36.6 Å². The van der Waals surface area contributed by atoms with Gasteiger partial charge >= 0.3 is 0 Å². The Kier molecular flexibility index (Phi) is 6.78. The van der Waals surface area contributed by atoms with Gasteiger partial charge in [0.05, 0.1) is 33.9 Å². The first-order chi connectivity index (χ1) is 17.4. The molecule has 0 amide bonds. The van der Waals surface area contributed by atoms with Crippen LogP contribution in [-0.2, 0) is 19.6 Å². The first kappa shape index (κ1) is 24.1. The third kappa shape index (κ3) is 4.73. The van der Waals surface area contributed by atoms with Gasteiger partial charge in [0.2, 0.25) is 0 Å². The number of pyridine rings is 2. The molecule has 3 aromatic heterocycles. The molecule has 0 aliphatic rings. The molecule has 0 saturated heterocycles. The molecule has 0 fully saturated rings. The number of rotatable bonds is 7. The highest BCUT2D eigenvalue weighted by atomic mass is 35.5. The van der Waals surface area contributed by atoms with Gasteiger partial charge in [-0.25, -0.2) is 4.68 Å². The lowest BCUT2D eigenvalue weighted by atomic mass is 10.1. The SMILES string of the molecule is CN(Cc1ccccc1Cl)Cc1c2c(=O)n(-c3ccccc3Cl)[nH]c2cc(=O)n1Cc1cccnc1. The molecule has 5 rings (SSSR count). The van der Waals surface area contributed by atoms with E-state index in [1.807, 2.05) is 48.3 Å². The number of halogens is 2. The molecule has 1 N–H and O–H groups in total. The summed E-state index contributed by atoms with van der Waals surface area (Å²) in [6.07, 6.45) is 3.40. The highest BCUT2D eigenvalue weighted by Crippen LogP contribution is 2.22. The summed E-state index contributed by atoms with van der Waals surface area (Å²) in [5.41, 5.74) is 2.88. The highest BCUT2D eigenvalue weighted by Gasteiger charge is 2.20. The summed E-state index contributed by atoms with van der Waals surface area (Å²) in [5.74, 6) is 0. The Morgan fingerprint density at radius 1 is 0.944 bits per heavy atom. The summed E-state index contributed by atoms with van der Waals surface area (Å²) in [7, 11) is 1.93. The van der Waals surface area contributed by atoms with E-state index in [4.69, 9.17) is 23.2 Å². The van der Waals surface area contributed by atoms with E-state index in [1.54, 1.807) is 41.2 Å². The Bertz CT molecular complexity index is 1660. The molecular weight excluding hydrogens is 497 g/mol. The minimum atomic E-state index is -0.279. The topological polar surface area (TPSA) is 75.9 Å². The van der Waals surface area contributed by atoms with Crippen LogP contribution in [0.2, 0.25) is 10.0 Å². The van der Waals surface area contributed by atoms with Crippen molar-refractivity contribution in [3.63, 3.8) is 0 Å². The van der Waals surface area contributed by atoms with Gasteiger partial charge in [0.1, 0.15) is 0 Å². The van der Waals surface area contributed by atoms with Crippen molar-refractivity contribution in [1.29, 1.82) is 0 Å². The number of aromatic nitrogens is 4. The largest absolute Gasteiger partial charge is 0.306 e. The Labute approximate surface area is 217 Å². The van der Waals surface area contributed by atoms with Crippen LogP contribution in [0.15, 0.2) is 88.7 Å². The first-order valence-electron chi connectivity index (χ1n) is 11.4. The number of nitrogens with one attached hydrogen (secondary N) is 1. The molecule has 5 aromatic rings. The van der Waals surface area contributed by atoms with Crippen molar-refractivity contribution in [3.8, 4) is 5.69 Å². The standard InChI is InChI=1S/C27H23Cl2N5O2/c1-32(16-19-8-2-3-9-20(19)28)17-24-26-22(13-25(35)33(24)15-18-7-6-12-30-14-18)31-34(27(26)36)23-11-5-4-10-21(23)29/h2-14,31H,15-17H2,1H3.